The first kappa shape index (κ1) is 16.2. The second-order valence-electron chi connectivity index (χ2n) is 7.34. The van der Waals surface area contributed by atoms with Gasteiger partial charge >= 0.3 is 0 Å². The van der Waals surface area contributed by atoms with Crippen LogP contribution in [-0.2, 0) is 19.6 Å². The summed E-state index contributed by atoms with van der Waals surface area (Å²) in [4.78, 5) is 6.94. The molecule has 6 heteroatoms. The van der Waals surface area contributed by atoms with Crippen LogP contribution in [0.4, 0.5) is 0 Å². The van der Waals surface area contributed by atoms with Gasteiger partial charge in [-0.3, -0.25) is 19.7 Å². The van der Waals surface area contributed by atoms with Gasteiger partial charge in [-0.05, 0) is 43.2 Å². The predicted molar refractivity (Wildman–Crippen MR) is 105 cm³/mol. The third kappa shape index (κ3) is 2.92. The zero-order valence-corrected chi connectivity index (χ0v) is 15.6. The van der Waals surface area contributed by atoms with Gasteiger partial charge in [-0.25, -0.2) is 0 Å². The van der Waals surface area contributed by atoms with Gasteiger partial charge in [0.15, 0.2) is 0 Å². The fraction of sp³-hybridized carbons (Fsp3) is 0.286. The molecule has 4 heterocycles. The molecule has 0 fully saturated rings. The molecule has 0 aliphatic carbocycles. The van der Waals surface area contributed by atoms with Crippen LogP contribution in [0.15, 0.2) is 42.6 Å². The lowest BCUT2D eigenvalue weighted by Crippen LogP contribution is -2.33. The molecular formula is C21H22N6. The van der Waals surface area contributed by atoms with Crippen LogP contribution in [-0.4, -0.2) is 36.4 Å². The average molecular weight is 358 g/mol. The molecule has 0 spiro atoms. The van der Waals surface area contributed by atoms with E-state index in [0.29, 0.717) is 0 Å². The first-order valence-corrected chi connectivity index (χ1v) is 9.32. The van der Waals surface area contributed by atoms with E-state index in [9.17, 15) is 0 Å². The van der Waals surface area contributed by atoms with E-state index < -0.39 is 0 Å². The van der Waals surface area contributed by atoms with Crippen LogP contribution in [0.3, 0.4) is 0 Å². The second kappa shape index (κ2) is 6.32. The van der Waals surface area contributed by atoms with Crippen molar-refractivity contribution in [1.82, 2.24) is 29.9 Å². The number of nitrogens with zero attached hydrogens (tertiary/aromatic N) is 5. The highest BCUT2D eigenvalue weighted by Crippen LogP contribution is 2.25. The minimum Gasteiger partial charge on any atom is -0.290 e. The Morgan fingerprint density at radius 2 is 2.04 bits per heavy atom. The largest absolute Gasteiger partial charge is 0.290 e. The van der Waals surface area contributed by atoms with E-state index >= 15 is 0 Å². The van der Waals surface area contributed by atoms with Crippen molar-refractivity contribution in [1.29, 1.82) is 0 Å². The zero-order chi connectivity index (χ0) is 18.4. The van der Waals surface area contributed by atoms with E-state index in [1.807, 2.05) is 12.3 Å². The first-order chi connectivity index (χ1) is 13.2. The lowest BCUT2D eigenvalue weighted by Gasteiger charge is -2.26. The molecule has 0 bridgehead atoms. The summed E-state index contributed by atoms with van der Waals surface area (Å²) in [6.45, 7) is 7.76. The molecule has 0 saturated carbocycles. The number of nitrogens with one attached hydrogen (secondary N) is 1. The van der Waals surface area contributed by atoms with E-state index in [1.165, 1.54) is 16.6 Å². The number of aromatic nitrogens is 5. The Bertz CT molecular complexity index is 1120. The maximum atomic E-state index is 4.78. The van der Waals surface area contributed by atoms with Gasteiger partial charge < -0.3 is 0 Å². The number of benzene rings is 1. The van der Waals surface area contributed by atoms with Gasteiger partial charge in [0.05, 0.1) is 29.1 Å². The van der Waals surface area contributed by atoms with Gasteiger partial charge in [-0.15, -0.1) is 0 Å². The molecule has 0 unspecified atom stereocenters. The number of rotatable bonds is 3. The summed E-state index contributed by atoms with van der Waals surface area (Å²) >= 11 is 0. The Hall–Kier alpha value is -2.99. The van der Waals surface area contributed by atoms with Crippen molar-refractivity contribution in [3.8, 4) is 11.4 Å². The van der Waals surface area contributed by atoms with Crippen LogP contribution in [0.2, 0.25) is 0 Å². The fourth-order valence-corrected chi connectivity index (χ4v) is 3.85. The summed E-state index contributed by atoms with van der Waals surface area (Å²) in [7, 11) is 0. The smallest absolute Gasteiger partial charge is 0.111 e. The first-order valence-electron chi connectivity index (χ1n) is 9.32. The number of hydrogen-bond donors (Lipinski definition) is 1. The molecule has 0 amide bonds. The topological polar surface area (TPSA) is 62.6 Å². The van der Waals surface area contributed by atoms with Crippen molar-refractivity contribution in [3.05, 3.63) is 65.1 Å². The van der Waals surface area contributed by atoms with Crippen LogP contribution >= 0.6 is 0 Å². The SMILES string of the molecule is Cc1ccc2c(CN3CCn4nc(-c5ncccc5C)cc4C3)n[nH]c2c1. The summed E-state index contributed by atoms with van der Waals surface area (Å²) in [5.41, 5.74) is 7.79. The standard InChI is InChI=1S/C21H22N6/c1-14-5-6-17-18(10-14)23-24-20(17)13-26-8-9-27-16(12-26)11-19(25-27)21-15(2)4-3-7-22-21/h3-7,10-11H,8-9,12-13H2,1-2H3,(H,23,24). The van der Waals surface area contributed by atoms with E-state index in [2.05, 4.69) is 68.9 Å². The molecule has 136 valence electrons. The van der Waals surface area contributed by atoms with Crippen molar-refractivity contribution in [2.24, 2.45) is 0 Å². The maximum Gasteiger partial charge on any atom is 0.111 e. The van der Waals surface area contributed by atoms with E-state index in [-0.39, 0.29) is 0 Å². The van der Waals surface area contributed by atoms with Gasteiger partial charge in [0, 0.05) is 31.2 Å². The molecule has 6 nitrogen and oxygen atoms in total. The number of H-pyrrole nitrogens is 1. The van der Waals surface area contributed by atoms with Crippen molar-refractivity contribution in [3.63, 3.8) is 0 Å². The summed E-state index contributed by atoms with van der Waals surface area (Å²) in [6, 6.07) is 12.7. The molecule has 0 saturated heterocycles. The molecule has 0 radical (unpaired) electrons. The Morgan fingerprint density at radius 3 is 2.93 bits per heavy atom. The van der Waals surface area contributed by atoms with Crippen molar-refractivity contribution in [2.45, 2.75) is 33.5 Å². The van der Waals surface area contributed by atoms with E-state index in [1.54, 1.807) is 0 Å². The summed E-state index contributed by atoms with van der Waals surface area (Å²) < 4.78 is 2.12. The lowest BCUT2D eigenvalue weighted by atomic mass is 10.1. The van der Waals surface area contributed by atoms with E-state index in [0.717, 1.165) is 54.3 Å². The van der Waals surface area contributed by atoms with Crippen molar-refractivity contribution < 1.29 is 0 Å². The Kier molecular flexibility index (Phi) is 3.79. The molecular weight excluding hydrogens is 336 g/mol. The highest BCUT2D eigenvalue weighted by molar-refractivity contribution is 5.81. The Morgan fingerprint density at radius 1 is 1.11 bits per heavy atom. The highest BCUT2D eigenvalue weighted by Gasteiger charge is 2.21. The second-order valence-corrected chi connectivity index (χ2v) is 7.34. The van der Waals surface area contributed by atoms with Gasteiger partial charge in [-0.1, -0.05) is 18.2 Å². The number of fused-ring (bicyclic) bond motifs is 2. The number of aryl methyl sites for hydroxylation is 2. The molecule has 3 aromatic heterocycles. The fourth-order valence-electron chi connectivity index (χ4n) is 3.85. The minimum atomic E-state index is 0.839. The van der Waals surface area contributed by atoms with E-state index in [4.69, 9.17) is 5.10 Å². The normalized spacial score (nSPS) is 14.6. The number of aromatic amines is 1. The lowest BCUT2D eigenvalue weighted by molar-refractivity contribution is 0.203. The van der Waals surface area contributed by atoms with Crippen molar-refractivity contribution in [2.75, 3.05) is 6.54 Å². The Balaban J connectivity index is 1.39. The van der Waals surface area contributed by atoms with Crippen LogP contribution < -0.4 is 0 Å². The predicted octanol–water partition coefficient (Wildman–Crippen LogP) is 3.45. The molecule has 1 aliphatic rings. The quantitative estimate of drug-likeness (QED) is 0.609. The average Bonchev–Trinajstić information content (AvgIpc) is 3.25. The number of pyridine rings is 1. The third-order valence-corrected chi connectivity index (χ3v) is 5.30. The number of hydrogen-bond acceptors (Lipinski definition) is 4. The van der Waals surface area contributed by atoms with Crippen LogP contribution in [0.5, 0.6) is 0 Å². The monoisotopic (exact) mass is 358 g/mol. The van der Waals surface area contributed by atoms with Gasteiger partial charge in [0.25, 0.3) is 0 Å². The summed E-state index contributed by atoms with van der Waals surface area (Å²) in [5.74, 6) is 0. The summed E-state index contributed by atoms with van der Waals surface area (Å²) in [5, 5.41) is 13.7. The molecule has 5 rings (SSSR count). The maximum absolute atomic E-state index is 4.78. The van der Waals surface area contributed by atoms with Crippen LogP contribution in [0.25, 0.3) is 22.3 Å². The highest BCUT2D eigenvalue weighted by atomic mass is 15.3. The Labute approximate surface area is 157 Å². The zero-order valence-electron chi connectivity index (χ0n) is 15.6. The minimum absolute atomic E-state index is 0.839. The van der Waals surface area contributed by atoms with Gasteiger partial charge in [0.1, 0.15) is 5.69 Å². The summed E-state index contributed by atoms with van der Waals surface area (Å²) in [6.07, 6.45) is 1.83. The van der Waals surface area contributed by atoms with Gasteiger partial charge in [0.2, 0.25) is 0 Å². The van der Waals surface area contributed by atoms with Gasteiger partial charge in [-0.2, -0.15) is 10.2 Å². The molecule has 4 aromatic rings. The molecule has 1 aliphatic heterocycles. The van der Waals surface area contributed by atoms with Crippen molar-refractivity contribution >= 4 is 10.9 Å². The molecule has 0 atom stereocenters. The third-order valence-electron chi connectivity index (χ3n) is 5.30. The van der Waals surface area contributed by atoms with Crippen LogP contribution in [0, 0.1) is 13.8 Å². The molecule has 27 heavy (non-hydrogen) atoms. The molecule has 1 aromatic carbocycles. The molecule has 1 N–H and O–H groups in total. The van der Waals surface area contributed by atoms with Crippen LogP contribution in [0.1, 0.15) is 22.5 Å².